The van der Waals surface area contributed by atoms with E-state index in [1.807, 2.05) is 0 Å². The first kappa shape index (κ1) is 14.8. The van der Waals surface area contributed by atoms with Gasteiger partial charge in [0.05, 0.1) is 16.9 Å². The van der Waals surface area contributed by atoms with Crippen LogP contribution in [0.5, 0.6) is 0 Å². The summed E-state index contributed by atoms with van der Waals surface area (Å²) in [5, 5.41) is 9.85. The van der Waals surface area contributed by atoms with Crippen LogP contribution >= 0.6 is 11.6 Å². The minimum absolute atomic E-state index is 0.00604. The van der Waals surface area contributed by atoms with Gasteiger partial charge in [-0.25, -0.2) is 14.7 Å². The van der Waals surface area contributed by atoms with Gasteiger partial charge in [0, 0.05) is 11.2 Å². The Morgan fingerprint density at radius 1 is 1.33 bits per heavy atom. The van der Waals surface area contributed by atoms with Crippen molar-refractivity contribution >= 4 is 40.7 Å². The van der Waals surface area contributed by atoms with Crippen LogP contribution in [0.15, 0.2) is 36.5 Å². The number of rotatable bonds is 3. The molecule has 0 aliphatic carbocycles. The number of nitrogens with two attached hydrogens (primary N) is 1. The van der Waals surface area contributed by atoms with Gasteiger partial charge in [-0.05, 0) is 37.3 Å². The van der Waals surface area contributed by atoms with Crippen LogP contribution in [0.2, 0.25) is 5.02 Å². The van der Waals surface area contributed by atoms with E-state index in [4.69, 9.17) is 17.3 Å². The lowest BCUT2D eigenvalue weighted by molar-refractivity contribution is 0.101. The Labute approximate surface area is 125 Å². The van der Waals surface area contributed by atoms with Crippen LogP contribution in [0.3, 0.4) is 0 Å². The molecule has 1 aromatic heterocycles. The van der Waals surface area contributed by atoms with Gasteiger partial charge in [-0.15, -0.1) is 0 Å². The van der Waals surface area contributed by atoms with Crippen LogP contribution in [-0.4, -0.2) is 22.0 Å². The molecule has 0 aliphatic heterocycles. The maximum Gasteiger partial charge on any atom is 0.417 e. The summed E-state index contributed by atoms with van der Waals surface area (Å²) in [6, 6.07) is 7.48. The number of amides is 1. The maximum atomic E-state index is 11.7. The van der Waals surface area contributed by atoms with Crippen molar-refractivity contribution in [3.05, 3.63) is 47.1 Å². The number of nitrogens with zero attached hydrogens (tertiary/aromatic N) is 2. The Morgan fingerprint density at radius 2 is 2.05 bits per heavy atom. The molecular weight excluding hydrogens is 294 g/mol. The molecule has 7 heteroatoms. The van der Waals surface area contributed by atoms with E-state index in [9.17, 15) is 14.7 Å². The van der Waals surface area contributed by atoms with Crippen molar-refractivity contribution in [2.45, 2.75) is 6.92 Å². The lowest BCUT2D eigenvalue weighted by atomic mass is 10.1. The summed E-state index contributed by atoms with van der Waals surface area (Å²) in [6.07, 6.45) is 0.106. The summed E-state index contributed by atoms with van der Waals surface area (Å²) < 4.78 is 0. The minimum Gasteiger partial charge on any atom is -0.464 e. The van der Waals surface area contributed by atoms with Crippen LogP contribution in [0.4, 0.5) is 22.0 Å². The summed E-state index contributed by atoms with van der Waals surface area (Å²) in [7, 11) is 0. The Bertz CT molecular complexity index is 718. The monoisotopic (exact) mass is 305 g/mol. The number of halogens is 1. The van der Waals surface area contributed by atoms with Gasteiger partial charge in [0.1, 0.15) is 0 Å². The lowest BCUT2D eigenvalue weighted by Gasteiger charge is -2.21. The predicted molar refractivity (Wildman–Crippen MR) is 80.3 cm³/mol. The Morgan fingerprint density at radius 3 is 2.62 bits per heavy atom. The summed E-state index contributed by atoms with van der Waals surface area (Å²) in [6.45, 7) is 1.34. The average molecular weight is 306 g/mol. The second kappa shape index (κ2) is 5.80. The number of Topliss-reactive ketones (excluding diaryl/α,β-unsaturated/α-hetero) is 1. The summed E-state index contributed by atoms with van der Waals surface area (Å²) in [4.78, 5) is 28.1. The fourth-order valence-corrected chi connectivity index (χ4v) is 2.07. The first-order valence-corrected chi connectivity index (χ1v) is 6.33. The van der Waals surface area contributed by atoms with Gasteiger partial charge in [0.25, 0.3) is 0 Å². The fourth-order valence-electron chi connectivity index (χ4n) is 1.89. The van der Waals surface area contributed by atoms with Crippen molar-refractivity contribution in [2.24, 2.45) is 0 Å². The first-order valence-electron chi connectivity index (χ1n) is 5.96. The Kier molecular flexibility index (Phi) is 4.09. The number of anilines is 3. The highest BCUT2D eigenvalue weighted by Crippen LogP contribution is 2.33. The third kappa shape index (κ3) is 2.95. The molecule has 0 saturated heterocycles. The van der Waals surface area contributed by atoms with Gasteiger partial charge in [0.15, 0.2) is 11.6 Å². The van der Waals surface area contributed by atoms with Crippen molar-refractivity contribution in [1.82, 2.24) is 4.98 Å². The molecule has 1 amide bonds. The van der Waals surface area contributed by atoms with E-state index in [2.05, 4.69) is 4.98 Å². The third-order valence-electron chi connectivity index (χ3n) is 2.80. The molecule has 0 fully saturated rings. The highest BCUT2D eigenvalue weighted by Gasteiger charge is 2.24. The van der Waals surface area contributed by atoms with Gasteiger partial charge >= 0.3 is 6.09 Å². The van der Waals surface area contributed by atoms with Crippen molar-refractivity contribution in [2.75, 3.05) is 10.6 Å². The predicted octanol–water partition coefficient (Wildman–Crippen LogP) is 3.34. The fraction of sp³-hybridized carbons (Fsp3) is 0.0714. The van der Waals surface area contributed by atoms with E-state index < -0.39 is 6.09 Å². The first-order chi connectivity index (χ1) is 9.91. The molecule has 3 N–H and O–H groups in total. The summed E-state index contributed by atoms with van der Waals surface area (Å²) in [5.41, 5.74) is 6.37. The standard InChI is InChI=1S/C14H12ClN3O3/c1-8(19)10-3-2-6-17-13(10)18(14(20)21)12-5-4-9(15)7-11(12)16/h2-7H,16H2,1H3,(H,20,21). The Hall–Kier alpha value is -2.60. The van der Waals surface area contributed by atoms with E-state index in [-0.39, 0.29) is 28.5 Å². The third-order valence-corrected chi connectivity index (χ3v) is 3.03. The second-order valence-electron chi connectivity index (χ2n) is 4.25. The van der Waals surface area contributed by atoms with Gasteiger partial charge < -0.3 is 10.8 Å². The van der Waals surface area contributed by atoms with E-state index in [0.29, 0.717) is 5.02 Å². The number of aromatic nitrogens is 1. The van der Waals surface area contributed by atoms with E-state index in [1.54, 1.807) is 6.07 Å². The molecule has 0 atom stereocenters. The number of hydrogen-bond donors (Lipinski definition) is 2. The largest absolute Gasteiger partial charge is 0.464 e. The normalized spacial score (nSPS) is 10.2. The SMILES string of the molecule is CC(=O)c1cccnc1N(C(=O)O)c1ccc(Cl)cc1N. The van der Waals surface area contributed by atoms with Crippen LogP contribution in [0, 0.1) is 0 Å². The van der Waals surface area contributed by atoms with Crippen LogP contribution < -0.4 is 10.6 Å². The molecular formula is C14H12ClN3O3. The number of carbonyl (C=O) groups is 2. The molecule has 2 aromatic rings. The molecule has 0 bridgehead atoms. The molecule has 1 aromatic carbocycles. The zero-order chi connectivity index (χ0) is 15.6. The molecule has 0 spiro atoms. The number of ketones is 1. The van der Waals surface area contributed by atoms with Crippen LogP contribution in [-0.2, 0) is 0 Å². The van der Waals surface area contributed by atoms with E-state index in [0.717, 1.165) is 4.90 Å². The summed E-state index contributed by atoms with van der Waals surface area (Å²) >= 11 is 5.81. The molecule has 0 aliphatic rings. The lowest BCUT2D eigenvalue weighted by Crippen LogP contribution is -2.27. The maximum absolute atomic E-state index is 11.7. The van der Waals surface area contributed by atoms with Crippen molar-refractivity contribution < 1.29 is 14.7 Å². The highest BCUT2D eigenvalue weighted by atomic mass is 35.5. The van der Waals surface area contributed by atoms with Gasteiger partial charge in [0.2, 0.25) is 0 Å². The van der Waals surface area contributed by atoms with Crippen molar-refractivity contribution in [1.29, 1.82) is 0 Å². The number of benzene rings is 1. The van der Waals surface area contributed by atoms with Crippen LogP contribution in [0.1, 0.15) is 17.3 Å². The Balaban J connectivity index is 2.65. The van der Waals surface area contributed by atoms with Gasteiger partial charge in [-0.2, -0.15) is 0 Å². The van der Waals surface area contributed by atoms with Crippen LogP contribution in [0.25, 0.3) is 0 Å². The number of hydrogen-bond acceptors (Lipinski definition) is 4. The topological polar surface area (TPSA) is 96.5 Å². The molecule has 108 valence electrons. The number of carbonyl (C=O) groups excluding carboxylic acids is 1. The zero-order valence-electron chi connectivity index (χ0n) is 11.1. The van der Waals surface area contributed by atoms with Gasteiger partial charge in [-0.3, -0.25) is 4.79 Å². The zero-order valence-corrected chi connectivity index (χ0v) is 11.8. The smallest absolute Gasteiger partial charge is 0.417 e. The minimum atomic E-state index is -1.30. The molecule has 0 unspecified atom stereocenters. The van der Waals surface area contributed by atoms with E-state index in [1.165, 1.54) is 37.4 Å². The molecule has 2 rings (SSSR count). The second-order valence-corrected chi connectivity index (χ2v) is 4.69. The number of carboxylic acid groups (broad SMARTS) is 1. The molecule has 0 saturated carbocycles. The molecule has 0 radical (unpaired) electrons. The molecule has 21 heavy (non-hydrogen) atoms. The van der Waals surface area contributed by atoms with E-state index >= 15 is 0 Å². The number of nitrogen functional groups attached to an aromatic ring is 1. The van der Waals surface area contributed by atoms with Crippen molar-refractivity contribution in [3.63, 3.8) is 0 Å². The molecule has 6 nitrogen and oxygen atoms in total. The van der Waals surface area contributed by atoms with Gasteiger partial charge in [-0.1, -0.05) is 11.6 Å². The van der Waals surface area contributed by atoms with Crippen molar-refractivity contribution in [3.8, 4) is 0 Å². The average Bonchev–Trinajstić information content (AvgIpc) is 2.41. The number of pyridine rings is 1. The highest BCUT2D eigenvalue weighted by molar-refractivity contribution is 6.31. The molecule has 1 heterocycles. The summed E-state index contributed by atoms with van der Waals surface area (Å²) in [5.74, 6) is -0.289. The quantitative estimate of drug-likeness (QED) is 0.669.